The van der Waals surface area contributed by atoms with Gasteiger partial charge < -0.3 is 10.1 Å². The van der Waals surface area contributed by atoms with Crippen LogP contribution in [0.1, 0.15) is 36.7 Å². The van der Waals surface area contributed by atoms with Crippen molar-refractivity contribution in [2.24, 2.45) is 0 Å². The molecule has 25 heavy (non-hydrogen) atoms. The standard InChI is InChI=1S/C22H23NO2/c1-22(2,3)23-21(24)18-13-11-16(12-14-18)15-25-20-10-6-8-17-7-4-5-9-19(17)20/h4-14H,15H2,1-3H3,(H,23,24). The molecule has 0 spiro atoms. The van der Waals surface area contributed by atoms with E-state index in [1.54, 1.807) is 0 Å². The Morgan fingerprint density at radius 2 is 1.60 bits per heavy atom. The van der Waals surface area contributed by atoms with E-state index in [1.165, 1.54) is 0 Å². The molecule has 1 N–H and O–H groups in total. The molecule has 0 aromatic heterocycles. The normalized spacial score (nSPS) is 11.3. The van der Waals surface area contributed by atoms with E-state index >= 15 is 0 Å². The van der Waals surface area contributed by atoms with Gasteiger partial charge in [-0.2, -0.15) is 0 Å². The number of carbonyl (C=O) groups is 1. The molecule has 0 saturated carbocycles. The van der Waals surface area contributed by atoms with Crippen molar-refractivity contribution in [1.29, 1.82) is 0 Å². The number of rotatable bonds is 4. The highest BCUT2D eigenvalue weighted by Crippen LogP contribution is 2.25. The Balaban J connectivity index is 1.69. The number of hydrogen-bond acceptors (Lipinski definition) is 2. The molecule has 0 radical (unpaired) electrons. The first-order chi connectivity index (χ1) is 11.9. The second kappa shape index (κ2) is 6.98. The molecule has 0 atom stereocenters. The fourth-order valence-electron chi connectivity index (χ4n) is 2.65. The van der Waals surface area contributed by atoms with Crippen LogP contribution in [0.5, 0.6) is 5.75 Å². The van der Waals surface area contributed by atoms with E-state index in [4.69, 9.17) is 4.74 Å². The largest absolute Gasteiger partial charge is 0.488 e. The monoisotopic (exact) mass is 333 g/mol. The Morgan fingerprint density at radius 1 is 0.920 bits per heavy atom. The van der Waals surface area contributed by atoms with Crippen LogP contribution < -0.4 is 10.1 Å². The van der Waals surface area contributed by atoms with Crippen molar-refractivity contribution >= 4 is 16.7 Å². The van der Waals surface area contributed by atoms with Gasteiger partial charge in [0.15, 0.2) is 0 Å². The summed E-state index contributed by atoms with van der Waals surface area (Å²) in [6.07, 6.45) is 0. The van der Waals surface area contributed by atoms with E-state index in [0.717, 1.165) is 22.1 Å². The van der Waals surface area contributed by atoms with Crippen molar-refractivity contribution in [3.63, 3.8) is 0 Å². The lowest BCUT2D eigenvalue weighted by Crippen LogP contribution is -2.40. The molecule has 0 aliphatic carbocycles. The SMILES string of the molecule is CC(C)(C)NC(=O)c1ccc(COc2cccc3ccccc23)cc1. The van der Waals surface area contributed by atoms with Gasteiger partial charge in [-0.1, -0.05) is 48.5 Å². The molecule has 1 amide bonds. The third-order valence-electron chi connectivity index (χ3n) is 3.85. The van der Waals surface area contributed by atoms with Crippen molar-refractivity contribution in [1.82, 2.24) is 5.32 Å². The highest BCUT2D eigenvalue weighted by molar-refractivity contribution is 5.94. The van der Waals surface area contributed by atoms with Crippen LogP contribution in [0.2, 0.25) is 0 Å². The van der Waals surface area contributed by atoms with Crippen molar-refractivity contribution in [2.45, 2.75) is 32.9 Å². The third kappa shape index (κ3) is 4.38. The molecular formula is C22H23NO2. The van der Waals surface area contributed by atoms with Gasteiger partial charge in [0.25, 0.3) is 5.91 Å². The van der Waals surface area contributed by atoms with Crippen molar-refractivity contribution < 1.29 is 9.53 Å². The maximum atomic E-state index is 12.2. The summed E-state index contributed by atoms with van der Waals surface area (Å²) in [6.45, 7) is 6.38. The molecule has 0 heterocycles. The number of carbonyl (C=O) groups excluding carboxylic acids is 1. The molecule has 0 bridgehead atoms. The van der Waals surface area contributed by atoms with E-state index < -0.39 is 0 Å². The summed E-state index contributed by atoms with van der Waals surface area (Å²) in [5.74, 6) is 0.807. The summed E-state index contributed by atoms with van der Waals surface area (Å²) in [7, 11) is 0. The smallest absolute Gasteiger partial charge is 0.251 e. The van der Waals surface area contributed by atoms with Gasteiger partial charge in [0.2, 0.25) is 0 Å². The van der Waals surface area contributed by atoms with Gasteiger partial charge in [0.05, 0.1) is 0 Å². The number of hydrogen-bond donors (Lipinski definition) is 1. The Labute approximate surface area is 148 Å². The molecule has 3 aromatic rings. The number of benzene rings is 3. The fourth-order valence-corrected chi connectivity index (χ4v) is 2.65. The molecule has 0 aliphatic heterocycles. The van der Waals surface area contributed by atoms with E-state index in [0.29, 0.717) is 12.2 Å². The van der Waals surface area contributed by atoms with Gasteiger partial charge in [0.1, 0.15) is 12.4 Å². The lowest BCUT2D eigenvalue weighted by Gasteiger charge is -2.20. The Kier molecular flexibility index (Phi) is 4.75. The van der Waals surface area contributed by atoms with E-state index in [9.17, 15) is 4.79 Å². The first kappa shape index (κ1) is 17.0. The highest BCUT2D eigenvalue weighted by Gasteiger charge is 2.15. The predicted octanol–water partition coefficient (Wildman–Crippen LogP) is 4.95. The van der Waals surface area contributed by atoms with Gasteiger partial charge in [-0.05, 0) is 49.9 Å². The summed E-state index contributed by atoms with van der Waals surface area (Å²) in [4.78, 5) is 12.2. The van der Waals surface area contributed by atoms with Crippen LogP contribution in [0.15, 0.2) is 66.7 Å². The average molecular weight is 333 g/mol. The summed E-state index contributed by atoms with van der Waals surface area (Å²) in [5.41, 5.74) is 1.44. The topological polar surface area (TPSA) is 38.3 Å². The highest BCUT2D eigenvalue weighted by atomic mass is 16.5. The van der Waals surface area contributed by atoms with Crippen LogP contribution in [0.4, 0.5) is 0 Å². The summed E-state index contributed by atoms with van der Waals surface area (Å²) in [5, 5.41) is 5.23. The van der Waals surface area contributed by atoms with Gasteiger partial charge in [-0.25, -0.2) is 0 Å². The fraction of sp³-hybridized carbons (Fsp3) is 0.227. The van der Waals surface area contributed by atoms with Gasteiger partial charge in [-0.3, -0.25) is 4.79 Å². The van der Waals surface area contributed by atoms with Gasteiger partial charge >= 0.3 is 0 Å². The summed E-state index contributed by atoms with van der Waals surface area (Å²) in [6, 6.07) is 21.8. The quantitative estimate of drug-likeness (QED) is 0.734. The second-order valence-electron chi connectivity index (χ2n) is 7.17. The molecule has 3 heteroatoms. The minimum absolute atomic E-state index is 0.0611. The molecule has 0 saturated heterocycles. The van der Waals surface area contributed by atoms with Crippen molar-refractivity contribution in [3.8, 4) is 5.75 Å². The average Bonchev–Trinajstić information content (AvgIpc) is 2.59. The lowest BCUT2D eigenvalue weighted by molar-refractivity contribution is 0.0919. The van der Waals surface area contributed by atoms with Gasteiger partial charge in [0, 0.05) is 16.5 Å². The predicted molar refractivity (Wildman–Crippen MR) is 102 cm³/mol. The molecule has 0 unspecified atom stereocenters. The first-order valence-electron chi connectivity index (χ1n) is 8.44. The minimum Gasteiger partial charge on any atom is -0.488 e. The van der Waals surface area contributed by atoms with Crippen LogP contribution in [0, 0.1) is 0 Å². The zero-order valence-electron chi connectivity index (χ0n) is 14.9. The maximum absolute atomic E-state index is 12.2. The molecule has 128 valence electrons. The molecule has 0 fully saturated rings. The second-order valence-corrected chi connectivity index (χ2v) is 7.17. The molecule has 3 aromatic carbocycles. The number of nitrogens with one attached hydrogen (secondary N) is 1. The van der Waals surface area contributed by atoms with Crippen LogP contribution in [-0.4, -0.2) is 11.4 Å². The zero-order valence-corrected chi connectivity index (χ0v) is 14.9. The first-order valence-corrected chi connectivity index (χ1v) is 8.44. The van der Waals surface area contributed by atoms with Crippen LogP contribution >= 0.6 is 0 Å². The maximum Gasteiger partial charge on any atom is 0.251 e. The van der Waals surface area contributed by atoms with Crippen LogP contribution in [0.3, 0.4) is 0 Å². The lowest BCUT2D eigenvalue weighted by atomic mass is 10.1. The van der Waals surface area contributed by atoms with Crippen molar-refractivity contribution in [2.75, 3.05) is 0 Å². The molecule has 0 aliphatic rings. The number of fused-ring (bicyclic) bond motifs is 1. The van der Waals surface area contributed by atoms with E-state index in [-0.39, 0.29) is 11.4 Å². The summed E-state index contributed by atoms with van der Waals surface area (Å²) < 4.78 is 5.99. The molecule has 3 rings (SSSR count). The minimum atomic E-state index is -0.243. The Bertz CT molecular complexity index is 871. The Morgan fingerprint density at radius 3 is 2.32 bits per heavy atom. The molecule has 3 nitrogen and oxygen atoms in total. The van der Waals surface area contributed by atoms with Crippen LogP contribution in [0.25, 0.3) is 10.8 Å². The molecular weight excluding hydrogens is 310 g/mol. The summed E-state index contributed by atoms with van der Waals surface area (Å²) >= 11 is 0. The number of ether oxygens (including phenoxy) is 1. The zero-order chi connectivity index (χ0) is 17.9. The van der Waals surface area contributed by atoms with E-state index in [2.05, 4.69) is 23.5 Å². The van der Waals surface area contributed by atoms with Crippen LogP contribution in [-0.2, 0) is 6.61 Å². The Hall–Kier alpha value is -2.81. The van der Waals surface area contributed by atoms with E-state index in [1.807, 2.05) is 69.3 Å². The van der Waals surface area contributed by atoms with Gasteiger partial charge in [-0.15, -0.1) is 0 Å². The number of amides is 1. The third-order valence-corrected chi connectivity index (χ3v) is 3.85. The van der Waals surface area contributed by atoms with Crippen molar-refractivity contribution in [3.05, 3.63) is 77.9 Å².